The molecule has 1 rings (SSSR count). The number of benzene rings is 1. The van der Waals surface area contributed by atoms with Crippen LogP contribution in [0.1, 0.15) is 12.5 Å². The largest absolute Gasteiger partial charge is 0.489 e. The minimum Gasteiger partial charge on any atom is -0.489 e. The number of ether oxygens (including phenoxy) is 2. The summed E-state index contributed by atoms with van der Waals surface area (Å²) >= 11 is 0. The van der Waals surface area contributed by atoms with Gasteiger partial charge in [0, 0.05) is 20.2 Å². The van der Waals surface area contributed by atoms with E-state index in [2.05, 4.69) is 24.0 Å². The van der Waals surface area contributed by atoms with Crippen molar-refractivity contribution < 1.29 is 9.47 Å². The van der Waals surface area contributed by atoms with Crippen molar-refractivity contribution in [1.29, 1.82) is 0 Å². The van der Waals surface area contributed by atoms with Crippen LogP contribution >= 0.6 is 0 Å². The van der Waals surface area contributed by atoms with Crippen molar-refractivity contribution >= 4 is 0 Å². The number of methoxy groups -OCH3 is 1. The summed E-state index contributed by atoms with van der Waals surface area (Å²) in [5.74, 6) is 0.883. The summed E-state index contributed by atoms with van der Waals surface area (Å²) in [5.41, 5.74) is 2.26. The van der Waals surface area contributed by atoms with Crippen LogP contribution in [0.4, 0.5) is 0 Å². The molecule has 1 N–H and O–H groups in total. The molecule has 94 valence electrons. The zero-order chi connectivity index (χ0) is 12.5. The first-order valence-electron chi connectivity index (χ1n) is 5.78. The van der Waals surface area contributed by atoms with E-state index in [1.807, 2.05) is 19.1 Å². The highest BCUT2D eigenvalue weighted by atomic mass is 16.5. The molecule has 0 fully saturated rings. The summed E-state index contributed by atoms with van der Waals surface area (Å²) in [6.07, 6.45) is 0. The predicted molar refractivity (Wildman–Crippen MR) is 70.3 cm³/mol. The smallest absolute Gasteiger partial charge is 0.119 e. The molecule has 0 saturated heterocycles. The first-order chi connectivity index (χ1) is 8.22. The molecule has 0 bridgehead atoms. The quantitative estimate of drug-likeness (QED) is 0.554. The van der Waals surface area contributed by atoms with E-state index in [0.29, 0.717) is 6.61 Å². The van der Waals surface area contributed by atoms with Crippen LogP contribution in [-0.4, -0.2) is 26.9 Å². The maximum absolute atomic E-state index is 5.53. The molecule has 0 heterocycles. The molecule has 3 nitrogen and oxygen atoms in total. The monoisotopic (exact) mass is 235 g/mol. The van der Waals surface area contributed by atoms with E-state index in [9.17, 15) is 0 Å². The van der Waals surface area contributed by atoms with E-state index < -0.39 is 0 Å². The van der Waals surface area contributed by atoms with Crippen LogP contribution in [-0.2, 0) is 11.3 Å². The molecule has 17 heavy (non-hydrogen) atoms. The highest BCUT2D eigenvalue weighted by Crippen LogP contribution is 2.12. The lowest BCUT2D eigenvalue weighted by molar-refractivity contribution is 0.199. The Morgan fingerprint density at radius 1 is 1.29 bits per heavy atom. The number of nitrogens with one attached hydrogen (secondary N) is 1. The fourth-order valence-corrected chi connectivity index (χ4v) is 1.32. The Kier molecular flexibility index (Phi) is 6.37. The number of hydrogen-bond donors (Lipinski definition) is 1. The van der Waals surface area contributed by atoms with Crippen molar-refractivity contribution in [2.45, 2.75) is 13.5 Å². The lowest BCUT2D eigenvalue weighted by Gasteiger charge is -2.07. The Bertz CT molecular complexity index is 333. The Morgan fingerprint density at radius 3 is 2.59 bits per heavy atom. The molecule has 1 aromatic rings. The van der Waals surface area contributed by atoms with Crippen LogP contribution in [0.5, 0.6) is 5.75 Å². The predicted octanol–water partition coefficient (Wildman–Crippen LogP) is 2.38. The minimum atomic E-state index is 0.575. The van der Waals surface area contributed by atoms with Crippen molar-refractivity contribution in [2.24, 2.45) is 0 Å². The van der Waals surface area contributed by atoms with Gasteiger partial charge in [0.1, 0.15) is 12.4 Å². The van der Waals surface area contributed by atoms with Crippen LogP contribution in [0.25, 0.3) is 0 Å². The van der Waals surface area contributed by atoms with Crippen molar-refractivity contribution in [3.05, 3.63) is 42.0 Å². The third-order valence-electron chi connectivity index (χ3n) is 2.22. The molecule has 3 heteroatoms. The van der Waals surface area contributed by atoms with E-state index in [1.165, 1.54) is 5.56 Å². The van der Waals surface area contributed by atoms with E-state index in [-0.39, 0.29) is 0 Å². The average molecular weight is 235 g/mol. The highest BCUT2D eigenvalue weighted by molar-refractivity contribution is 5.27. The van der Waals surface area contributed by atoms with E-state index >= 15 is 0 Å². The third-order valence-corrected chi connectivity index (χ3v) is 2.22. The molecule has 0 amide bonds. The Labute approximate surface area is 103 Å². The summed E-state index contributed by atoms with van der Waals surface area (Å²) < 4.78 is 10.5. The van der Waals surface area contributed by atoms with Crippen LogP contribution < -0.4 is 10.1 Å². The molecule has 0 aliphatic heterocycles. The lowest BCUT2D eigenvalue weighted by atomic mass is 10.2. The maximum atomic E-state index is 5.53. The van der Waals surface area contributed by atoms with Crippen molar-refractivity contribution in [3.8, 4) is 5.75 Å². The van der Waals surface area contributed by atoms with Gasteiger partial charge in [-0.05, 0) is 30.2 Å². The summed E-state index contributed by atoms with van der Waals surface area (Å²) in [7, 11) is 1.70. The van der Waals surface area contributed by atoms with E-state index in [0.717, 1.165) is 31.0 Å². The second-order valence-corrected chi connectivity index (χ2v) is 4.06. The van der Waals surface area contributed by atoms with Gasteiger partial charge in [-0.3, -0.25) is 0 Å². The highest BCUT2D eigenvalue weighted by Gasteiger charge is 1.95. The lowest BCUT2D eigenvalue weighted by Crippen LogP contribution is -2.18. The first-order valence-corrected chi connectivity index (χ1v) is 5.78. The SMILES string of the molecule is C=C(C)COc1ccc(CNCCOC)cc1. The van der Waals surface area contributed by atoms with Gasteiger partial charge in [0.05, 0.1) is 6.61 Å². The van der Waals surface area contributed by atoms with Gasteiger partial charge < -0.3 is 14.8 Å². The standard InChI is InChI=1S/C14H21NO2/c1-12(2)11-17-14-6-4-13(5-7-14)10-15-8-9-16-3/h4-7,15H,1,8-11H2,2-3H3. The van der Waals surface area contributed by atoms with Crippen LogP contribution in [0, 0.1) is 0 Å². The molecule has 0 unspecified atom stereocenters. The van der Waals surface area contributed by atoms with Gasteiger partial charge in [0.2, 0.25) is 0 Å². The molecule has 0 radical (unpaired) electrons. The summed E-state index contributed by atoms with van der Waals surface area (Å²) in [5, 5.41) is 3.29. The Hall–Kier alpha value is -1.32. The van der Waals surface area contributed by atoms with Crippen LogP contribution in [0.3, 0.4) is 0 Å². The van der Waals surface area contributed by atoms with Crippen molar-refractivity contribution in [1.82, 2.24) is 5.32 Å². The fraction of sp³-hybridized carbons (Fsp3) is 0.429. The molecule has 0 aliphatic carbocycles. The number of hydrogen-bond acceptors (Lipinski definition) is 3. The number of rotatable bonds is 8. The zero-order valence-corrected chi connectivity index (χ0v) is 10.7. The molecular formula is C14H21NO2. The minimum absolute atomic E-state index is 0.575. The van der Waals surface area contributed by atoms with Crippen LogP contribution in [0.15, 0.2) is 36.4 Å². The zero-order valence-electron chi connectivity index (χ0n) is 10.7. The molecule has 0 spiro atoms. The first kappa shape index (κ1) is 13.7. The van der Waals surface area contributed by atoms with Crippen LogP contribution in [0.2, 0.25) is 0 Å². The second-order valence-electron chi connectivity index (χ2n) is 4.06. The summed E-state index contributed by atoms with van der Waals surface area (Å²) in [4.78, 5) is 0. The topological polar surface area (TPSA) is 30.5 Å². The van der Waals surface area contributed by atoms with E-state index in [4.69, 9.17) is 9.47 Å². The second kappa shape index (κ2) is 7.87. The van der Waals surface area contributed by atoms with Gasteiger partial charge in [0.15, 0.2) is 0 Å². The molecule has 0 aromatic heterocycles. The fourth-order valence-electron chi connectivity index (χ4n) is 1.32. The Balaban J connectivity index is 2.31. The molecule has 0 atom stereocenters. The van der Waals surface area contributed by atoms with Gasteiger partial charge in [-0.1, -0.05) is 18.7 Å². The molecule has 1 aromatic carbocycles. The summed E-state index contributed by atoms with van der Waals surface area (Å²) in [6.45, 7) is 8.78. The van der Waals surface area contributed by atoms with Crippen molar-refractivity contribution in [2.75, 3.05) is 26.9 Å². The average Bonchev–Trinajstić information content (AvgIpc) is 2.33. The van der Waals surface area contributed by atoms with Gasteiger partial charge in [-0.2, -0.15) is 0 Å². The van der Waals surface area contributed by atoms with Gasteiger partial charge in [-0.15, -0.1) is 0 Å². The maximum Gasteiger partial charge on any atom is 0.119 e. The molecule has 0 aliphatic rings. The van der Waals surface area contributed by atoms with Gasteiger partial charge in [0.25, 0.3) is 0 Å². The van der Waals surface area contributed by atoms with Gasteiger partial charge >= 0.3 is 0 Å². The Morgan fingerprint density at radius 2 is 2.00 bits per heavy atom. The van der Waals surface area contributed by atoms with Gasteiger partial charge in [-0.25, -0.2) is 0 Å². The normalized spacial score (nSPS) is 10.2. The van der Waals surface area contributed by atoms with Crippen molar-refractivity contribution in [3.63, 3.8) is 0 Å². The molecular weight excluding hydrogens is 214 g/mol. The van der Waals surface area contributed by atoms with E-state index in [1.54, 1.807) is 7.11 Å². The summed E-state index contributed by atoms with van der Waals surface area (Å²) in [6, 6.07) is 8.09. The molecule has 0 saturated carbocycles. The third kappa shape index (κ3) is 6.09.